The zero-order valence-electron chi connectivity index (χ0n) is 16.4. The molecule has 2 aromatic rings. The fourth-order valence-electron chi connectivity index (χ4n) is 3.60. The van der Waals surface area contributed by atoms with E-state index in [1.165, 1.54) is 0 Å². The summed E-state index contributed by atoms with van der Waals surface area (Å²) in [6, 6.07) is 11.4. The molecule has 3 rings (SSSR count). The van der Waals surface area contributed by atoms with E-state index in [-0.39, 0.29) is 6.61 Å². The first kappa shape index (κ1) is 21.9. The first-order valence-corrected chi connectivity index (χ1v) is 10.1. The molecule has 3 atom stereocenters. The maximum atomic E-state index is 10.2. The van der Waals surface area contributed by atoms with Gasteiger partial charge in [-0.05, 0) is 48.7 Å². The van der Waals surface area contributed by atoms with Crippen molar-refractivity contribution in [2.75, 3.05) is 20.0 Å². The lowest BCUT2D eigenvalue weighted by atomic mass is 9.93. The molecule has 0 aromatic heterocycles. The zero-order chi connectivity index (χ0) is 20.8. The Kier molecular flexibility index (Phi) is 7.75. The quantitative estimate of drug-likeness (QED) is 0.566. The van der Waals surface area contributed by atoms with E-state index in [1.54, 1.807) is 6.07 Å². The average Bonchev–Trinajstić information content (AvgIpc) is 2.71. The van der Waals surface area contributed by atoms with Crippen LogP contribution in [0.4, 0.5) is 0 Å². The van der Waals surface area contributed by atoms with Crippen LogP contribution in [0.25, 0.3) is 0 Å². The fraction of sp³-hybridized carbons (Fsp3) is 0.455. The summed E-state index contributed by atoms with van der Waals surface area (Å²) < 4.78 is 16.8. The highest BCUT2D eigenvalue weighted by molar-refractivity contribution is 6.31. The van der Waals surface area contributed by atoms with Crippen molar-refractivity contribution in [2.24, 2.45) is 0 Å². The molecule has 1 aliphatic rings. The number of hydrogen-bond donors (Lipinski definition) is 3. The van der Waals surface area contributed by atoms with Crippen LogP contribution in [0.1, 0.15) is 42.6 Å². The number of aliphatic hydroxyl groups is 3. The van der Waals surface area contributed by atoms with E-state index in [0.717, 1.165) is 16.9 Å². The van der Waals surface area contributed by atoms with Gasteiger partial charge in [-0.3, -0.25) is 0 Å². The van der Waals surface area contributed by atoms with Crippen molar-refractivity contribution in [3.05, 3.63) is 58.1 Å². The first-order valence-electron chi connectivity index (χ1n) is 9.76. The van der Waals surface area contributed by atoms with E-state index in [1.807, 2.05) is 37.3 Å². The van der Waals surface area contributed by atoms with Gasteiger partial charge >= 0.3 is 0 Å². The minimum atomic E-state index is -0.585. The number of rotatable bonds is 8. The summed E-state index contributed by atoms with van der Waals surface area (Å²) in [7, 11) is 0. The second-order valence-corrected chi connectivity index (χ2v) is 7.47. The van der Waals surface area contributed by atoms with Crippen LogP contribution in [0, 0.1) is 0 Å². The summed E-state index contributed by atoms with van der Waals surface area (Å²) in [5.41, 5.74) is 2.64. The molecule has 0 saturated carbocycles. The molecule has 1 saturated heterocycles. The summed E-state index contributed by atoms with van der Waals surface area (Å²) in [6.07, 6.45) is -0.142. The summed E-state index contributed by atoms with van der Waals surface area (Å²) in [4.78, 5) is 0. The Morgan fingerprint density at radius 2 is 1.86 bits per heavy atom. The minimum Gasteiger partial charge on any atom is -0.494 e. The van der Waals surface area contributed by atoms with E-state index >= 15 is 0 Å². The zero-order valence-corrected chi connectivity index (χ0v) is 17.1. The predicted octanol–water partition coefficient (Wildman–Crippen LogP) is 3.23. The van der Waals surface area contributed by atoms with E-state index in [9.17, 15) is 15.3 Å². The maximum Gasteiger partial charge on any atom is 0.186 e. The molecule has 158 valence electrons. The molecule has 1 fully saturated rings. The number of benzene rings is 2. The van der Waals surface area contributed by atoms with Gasteiger partial charge in [0.05, 0.1) is 31.5 Å². The SMILES string of the molecule is CCOc1ccc(Cc2cc(C3CC(O)CC(CO)O3)c(OCO)cc2Cl)cc1. The van der Waals surface area contributed by atoms with Gasteiger partial charge in [-0.1, -0.05) is 23.7 Å². The third-order valence-electron chi connectivity index (χ3n) is 4.96. The standard InChI is InChI=1S/C22H27ClO6/c1-2-27-17-5-3-14(4-6-17)7-15-8-19(21(28-13-25)11-20(15)23)22-10-16(26)9-18(12-24)29-22/h3-6,8,11,16,18,22,24-26H,2,7,9-10,12-13H2,1H3. The van der Waals surface area contributed by atoms with Crippen LogP contribution < -0.4 is 9.47 Å². The van der Waals surface area contributed by atoms with Crippen LogP contribution in [0.3, 0.4) is 0 Å². The smallest absolute Gasteiger partial charge is 0.186 e. The maximum absolute atomic E-state index is 10.2. The van der Waals surface area contributed by atoms with E-state index in [2.05, 4.69) is 0 Å². The average molecular weight is 423 g/mol. The van der Waals surface area contributed by atoms with Gasteiger partial charge in [0.1, 0.15) is 11.5 Å². The second-order valence-electron chi connectivity index (χ2n) is 7.06. The minimum absolute atomic E-state index is 0.170. The van der Waals surface area contributed by atoms with Gasteiger partial charge in [-0.15, -0.1) is 0 Å². The van der Waals surface area contributed by atoms with Crippen molar-refractivity contribution in [3.63, 3.8) is 0 Å². The highest BCUT2D eigenvalue weighted by Gasteiger charge is 2.31. The van der Waals surface area contributed by atoms with Crippen molar-refractivity contribution in [1.29, 1.82) is 0 Å². The molecule has 0 spiro atoms. The van der Waals surface area contributed by atoms with Crippen molar-refractivity contribution >= 4 is 11.6 Å². The lowest BCUT2D eigenvalue weighted by Gasteiger charge is -2.33. The van der Waals surface area contributed by atoms with Crippen LogP contribution in [0.2, 0.25) is 5.02 Å². The molecule has 7 heteroatoms. The van der Waals surface area contributed by atoms with Gasteiger partial charge in [-0.25, -0.2) is 0 Å². The molecule has 29 heavy (non-hydrogen) atoms. The lowest BCUT2D eigenvalue weighted by Crippen LogP contribution is -2.33. The topological polar surface area (TPSA) is 88.4 Å². The number of halogens is 1. The normalized spacial score (nSPS) is 21.8. The third kappa shape index (κ3) is 5.62. The van der Waals surface area contributed by atoms with Crippen molar-refractivity contribution in [3.8, 4) is 11.5 Å². The molecular weight excluding hydrogens is 396 g/mol. The molecular formula is C22H27ClO6. The Hall–Kier alpha value is -1.83. The van der Waals surface area contributed by atoms with Crippen LogP contribution in [-0.2, 0) is 11.2 Å². The molecule has 2 aromatic carbocycles. The highest BCUT2D eigenvalue weighted by Crippen LogP contribution is 2.39. The Morgan fingerprint density at radius 1 is 1.10 bits per heavy atom. The van der Waals surface area contributed by atoms with Crippen LogP contribution in [-0.4, -0.2) is 47.5 Å². The van der Waals surface area contributed by atoms with Crippen molar-refractivity contribution in [2.45, 2.75) is 44.5 Å². The number of ether oxygens (including phenoxy) is 3. The second kappa shape index (κ2) is 10.3. The molecule has 3 unspecified atom stereocenters. The summed E-state index contributed by atoms with van der Waals surface area (Å²) in [5, 5.41) is 29.4. The van der Waals surface area contributed by atoms with Gasteiger partial charge < -0.3 is 29.5 Å². The Balaban J connectivity index is 1.89. The third-order valence-corrected chi connectivity index (χ3v) is 5.31. The molecule has 1 aliphatic heterocycles. The summed E-state index contributed by atoms with van der Waals surface area (Å²) in [5.74, 6) is 1.22. The highest BCUT2D eigenvalue weighted by atomic mass is 35.5. The van der Waals surface area contributed by atoms with E-state index < -0.39 is 25.1 Å². The molecule has 3 N–H and O–H groups in total. The van der Waals surface area contributed by atoms with Crippen LogP contribution in [0.5, 0.6) is 11.5 Å². The van der Waals surface area contributed by atoms with Crippen LogP contribution in [0.15, 0.2) is 36.4 Å². The Bertz CT molecular complexity index is 795. The first-order chi connectivity index (χ1) is 14.0. The molecule has 0 radical (unpaired) electrons. The molecule has 6 nitrogen and oxygen atoms in total. The van der Waals surface area contributed by atoms with Gasteiger partial charge in [0.25, 0.3) is 0 Å². The van der Waals surface area contributed by atoms with Gasteiger partial charge in [0.15, 0.2) is 6.79 Å². The van der Waals surface area contributed by atoms with E-state index in [0.29, 0.717) is 42.2 Å². The van der Waals surface area contributed by atoms with E-state index in [4.69, 9.17) is 25.8 Å². The largest absolute Gasteiger partial charge is 0.494 e. The monoisotopic (exact) mass is 422 g/mol. The van der Waals surface area contributed by atoms with Crippen molar-refractivity contribution < 1.29 is 29.5 Å². The Labute approximate surface area is 175 Å². The number of hydrogen-bond acceptors (Lipinski definition) is 6. The van der Waals surface area contributed by atoms with Gasteiger partial charge in [0.2, 0.25) is 0 Å². The predicted molar refractivity (Wildman–Crippen MR) is 110 cm³/mol. The van der Waals surface area contributed by atoms with Gasteiger partial charge in [0, 0.05) is 23.4 Å². The lowest BCUT2D eigenvalue weighted by molar-refractivity contribution is -0.114. The molecule has 0 bridgehead atoms. The Morgan fingerprint density at radius 3 is 2.52 bits per heavy atom. The molecule has 1 heterocycles. The molecule has 0 amide bonds. The summed E-state index contributed by atoms with van der Waals surface area (Å²) in [6.45, 7) is 1.89. The number of aliphatic hydroxyl groups excluding tert-OH is 3. The molecule has 0 aliphatic carbocycles. The van der Waals surface area contributed by atoms with Crippen molar-refractivity contribution in [1.82, 2.24) is 0 Å². The van der Waals surface area contributed by atoms with Gasteiger partial charge in [-0.2, -0.15) is 0 Å². The van der Waals surface area contributed by atoms with Crippen LogP contribution >= 0.6 is 11.6 Å². The fourth-order valence-corrected chi connectivity index (χ4v) is 3.82. The summed E-state index contributed by atoms with van der Waals surface area (Å²) >= 11 is 6.48.